The lowest BCUT2D eigenvalue weighted by atomic mass is 9.85. The molecular weight excluding hydrogens is 475 g/mol. The monoisotopic (exact) mass is 507 g/mol. The number of alkyl halides is 3. The molecule has 1 N–H and O–H groups in total. The highest BCUT2D eigenvalue weighted by Gasteiger charge is 2.57. The number of halogens is 3. The predicted molar refractivity (Wildman–Crippen MR) is 119 cm³/mol. The maximum atomic E-state index is 13.6. The number of benzene rings is 1. The third kappa shape index (κ3) is 6.17. The Labute approximate surface area is 200 Å². The van der Waals surface area contributed by atoms with E-state index >= 15 is 0 Å². The van der Waals surface area contributed by atoms with E-state index in [1.807, 2.05) is 0 Å². The van der Waals surface area contributed by atoms with Gasteiger partial charge < -0.3 is 23.9 Å². The largest absolute Gasteiger partial charge is 0.597 e. The van der Waals surface area contributed by atoms with E-state index < -0.39 is 46.1 Å². The lowest BCUT2D eigenvalue weighted by Crippen LogP contribution is -2.59. The molecule has 0 bridgehead atoms. The number of rotatable bonds is 7. The van der Waals surface area contributed by atoms with Crippen molar-refractivity contribution in [2.75, 3.05) is 33.0 Å². The van der Waals surface area contributed by atoms with E-state index in [2.05, 4.69) is 4.74 Å². The number of esters is 1. The molecule has 1 atom stereocenters. The Morgan fingerprint density at radius 2 is 1.71 bits per heavy atom. The normalized spacial score (nSPS) is 22.1. The van der Waals surface area contributed by atoms with E-state index in [1.54, 1.807) is 25.1 Å². The van der Waals surface area contributed by atoms with Crippen molar-refractivity contribution in [2.45, 2.75) is 68.5 Å². The van der Waals surface area contributed by atoms with E-state index in [-0.39, 0.29) is 44.5 Å². The van der Waals surface area contributed by atoms with Gasteiger partial charge in [-0.05, 0) is 51.3 Å². The van der Waals surface area contributed by atoms with Gasteiger partial charge in [0, 0.05) is 25.9 Å². The smallest absolute Gasteiger partial charge is 0.427 e. The lowest BCUT2D eigenvalue weighted by molar-refractivity contribution is -0.186. The van der Waals surface area contributed by atoms with Crippen LogP contribution in [0.5, 0.6) is 5.75 Å². The van der Waals surface area contributed by atoms with Gasteiger partial charge in [0.05, 0.1) is 30.2 Å². The van der Waals surface area contributed by atoms with Crippen LogP contribution in [0.15, 0.2) is 24.3 Å². The molecule has 0 spiro atoms. The van der Waals surface area contributed by atoms with Gasteiger partial charge >= 0.3 is 12.1 Å². The van der Waals surface area contributed by atoms with Crippen LogP contribution in [0, 0.1) is 0 Å². The highest BCUT2D eigenvalue weighted by molar-refractivity contribution is 7.91. The summed E-state index contributed by atoms with van der Waals surface area (Å²) in [4.78, 5) is 13.1. The van der Waals surface area contributed by atoms with Crippen LogP contribution in [0.2, 0.25) is 0 Å². The Morgan fingerprint density at radius 1 is 1.15 bits per heavy atom. The molecule has 7 nitrogen and oxygen atoms in total. The van der Waals surface area contributed by atoms with Gasteiger partial charge in [0.25, 0.3) is 0 Å². The Kier molecular flexibility index (Phi) is 8.13. The fourth-order valence-electron chi connectivity index (χ4n) is 4.11. The molecule has 11 heteroatoms. The zero-order valence-electron chi connectivity index (χ0n) is 19.7. The second-order valence-corrected chi connectivity index (χ2v) is 11.5. The summed E-state index contributed by atoms with van der Waals surface area (Å²) in [6.07, 6.45) is -2.91. The number of carbonyl (C=O) groups is 1. The molecule has 3 rings (SSSR count). The zero-order valence-corrected chi connectivity index (χ0v) is 20.5. The summed E-state index contributed by atoms with van der Waals surface area (Å²) >= 11 is -1.69. The molecule has 2 heterocycles. The average molecular weight is 508 g/mol. The molecular formula is C23H32F3NO6S. The van der Waals surface area contributed by atoms with Gasteiger partial charge in [-0.15, -0.1) is 4.31 Å². The fourth-order valence-corrected chi connectivity index (χ4v) is 5.82. The third-order valence-electron chi connectivity index (χ3n) is 6.00. The van der Waals surface area contributed by atoms with Gasteiger partial charge in [0.2, 0.25) is 4.75 Å². The Balaban J connectivity index is 1.69. The second-order valence-electron chi connectivity index (χ2n) is 9.72. The van der Waals surface area contributed by atoms with Crippen LogP contribution in [0.1, 0.15) is 52.0 Å². The first kappa shape index (κ1) is 27.1. The van der Waals surface area contributed by atoms with E-state index in [1.165, 1.54) is 24.3 Å². The van der Waals surface area contributed by atoms with Crippen LogP contribution < -0.4 is 4.74 Å². The summed E-state index contributed by atoms with van der Waals surface area (Å²) in [6, 6.07) is 5.41. The first-order valence-electron chi connectivity index (χ1n) is 11.2. The molecule has 1 aromatic rings. The number of aliphatic hydroxyl groups is 1. The number of carbonyl (C=O) groups excluding carboxylic acids is 1. The van der Waals surface area contributed by atoms with Crippen LogP contribution >= 0.6 is 0 Å². The van der Waals surface area contributed by atoms with Crippen molar-refractivity contribution in [3.63, 3.8) is 0 Å². The van der Waals surface area contributed by atoms with Gasteiger partial charge in [0.1, 0.15) is 11.4 Å². The van der Waals surface area contributed by atoms with Crippen molar-refractivity contribution in [1.29, 1.82) is 0 Å². The van der Waals surface area contributed by atoms with Crippen LogP contribution in [0.25, 0.3) is 0 Å². The minimum atomic E-state index is -3.91. The molecule has 0 aromatic heterocycles. The van der Waals surface area contributed by atoms with E-state index in [0.717, 1.165) is 0 Å². The first-order chi connectivity index (χ1) is 15.8. The van der Waals surface area contributed by atoms with Crippen molar-refractivity contribution in [1.82, 2.24) is 4.31 Å². The zero-order chi connectivity index (χ0) is 25.2. The third-order valence-corrected chi connectivity index (χ3v) is 8.08. The standard InChI is InChI=1S/C23H32F3NO6S/c1-20(2,3)33-19(28)22(10-14-31-15-11-22)34(30)27-12-8-21(29,9-13-27)17-4-6-18(7-5-17)32-23(25,26)16-24/h4-7,29H,8-16H2,1-3H3. The summed E-state index contributed by atoms with van der Waals surface area (Å²) in [5.74, 6) is -0.726. The lowest BCUT2D eigenvalue weighted by Gasteiger charge is -2.44. The van der Waals surface area contributed by atoms with Crippen molar-refractivity contribution < 1.29 is 41.8 Å². The quantitative estimate of drug-likeness (QED) is 0.446. The first-order valence-corrected chi connectivity index (χ1v) is 12.3. The SMILES string of the molecule is CC(C)(C)OC(=O)C1([S+]([O-])N2CCC(O)(c3ccc(OC(F)(F)CF)cc3)CC2)CCOCC1. The molecule has 2 aliphatic rings. The number of hydrogen-bond acceptors (Lipinski definition) is 7. The summed E-state index contributed by atoms with van der Waals surface area (Å²) in [5.41, 5.74) is -1.50. The summed E-state index contributed by atoms with van der Waals surface area (Å²) in [5, 5.41) is 11.2. The Bertz CT molecular complexity index is 834. The maximum absolute atomic E-state index is 13.6. The van der Waals surface area contributed by atoms with Crippen molar-refractivity contribution in [2.24, 2.45) is 0 Å². The highest BCUT2D eigenvalue weighted by Crippen LogP contribution is 2.40. The van der Waals surface area contributed by atoms with Gasteiger partial charge in [-0.25, -0.2) is 9.18 Å². The summed E-state index contributed by atoms with van der Waals surface area (Å²) in [7, 11) is 0. The van der Waals surface area contributed by atoms with Crippen LogP contribution in [-0.4, -0.2) is 69.4 Å². The van der Waals surface area contributed by atoms with E-state index in [9.17, 15) is 27.6 Å². The topological polar surface area (TPSA) is 91.3 Å². The number of ether oxygens (including phenoxy) is 3. The predicted octanol–water partition coefficient (Wildman–Crippen LogP) is 3.47. The molecule has 34 heavy (non-hydrogen) atoms. The molecule has 0 aliphatic carbocycles. The van der Waals surface area contributed by atoms with Gasteiger partial charge in [-0.2, -0.15) is 8.78 Å². The summed E-state index contributed by atoms with van der Waals surface area (Å²) in [6.45, 7) is 4.46. The highest BCUT2D eigenvalue weighted by atomic mass is 32.2. The molecule has 2 aliphatic heterocycles. The van der Waals surface area contributed by atoms with Gasteiger partial charge in [-0.3, -0.25) is 0 Å². The number of nitrogens with zero attached hydrogens (tertiary/aromatic N) is 1. The fraction of sp³-hybridized carbons (Fsp3) is 0.696. The molecule has 192 valence electrons. The van der Waals surface area contributed by atoms with Crippen LogP contribution in [0.3, 0.4) is 0 Å². The average Bonchev–Trinajstić information content (AvgIpc) is 2.78. The van der Waals surface area contributed by atoms with Crippen molar-refractivity contribution >= 4 is 17.3 Å². The van der Waals surface area contributed by atoms with E-state index in [4.69, 9.17) is 9.47 Å². The van der Waals surface area contributed by atoms with Crippen molar-refractivity contribution in [3.8, 4) is 5.75 Å². The van der Waals surface area contributed by atoms with Gasteiger partial charge in [0.15, 0.2) is 6.67 Å². The minimum absolute atomic E-state index is 0.215. The number of hydrogen-bond donors (Lipinski definition) is 1. The summed E-state index contributed by atoms with van der Waals surface area (Å²) < 4.78 is 67.9. The Morgan fingerprint density at radius 3 is 2.21 bits per heavy atom. The molecule has 0 saturated carbocycles. The minimum Gasteiger partial charge on any atom is -0.597 e. The molecule has 0 amide bonds. The molecule has 0 radical (unpaired) electrons. The van der Waals surface area contributed by atoms with Crippen LogP contribution in [-0.2, 0) is 31.2 Å². The molecule has 1 aromatic carbocycles. The maximum Gasteiger partial charge on any atom is 0.427 e. The van der Waals surface area contributed by atoms with Gasteiger partial charge in [-0.1, -0.05) is 12.1 Å². The molecule has 1 unspecified atom stereocenters. The Hall–Kier alpha value is -1.53. The number of piperidine rings is 1. The second kappa shape index (κ2) is 10.2. The molecule has 2 saturated heterocycles. The molecule has 2 fully saturated rings. The van der Waals surface area contributed by atoms with Crippen LogP contribution in [0.4, 0.5) is 13.2 Å². The van der Waals surface area contributed by atoms with E-state index in [0.29, 0.717) is 18.8 Å². The van der Waals surface area contributed by atoms with Crippen molar-refractivity contribution in [3.05, 3.63) is 29.8 Å².